The van der Waals surface area contributed by atoms with Gasteiger partial charge in [0.25, 0.3) is 0 Å². The lowest BCUT2D eigenvalue weighted by Gasteiger charge is -2.15. The first kappa shape index (κ1) is 12.5. The van der Waals surface area contributed by atoms with Gasteiger partial charge in [-0.1, -0.05) is 6.92 Å². The predicted molar refractivity (Wildman–Crippen MR) is 62.1 cm³/mol. The topological polar surface area (TPSA) is 31.4 Å². The Bertz CT molecular complexity index is 372. The average molecular weight is 239 g/mol. The summed E-state index contributed by atoms with van der Waals surface area (Å²) in [6, 6.07) is 3.28. The lowest BCUT2D eigenvalue weighted by Crippen LogP contribution is -2.09. The van der Waals surface area contributed by atoms with E-state index in [4.69, 9.17) is 9.47 Å². The van der Waals surface area contributed by atoms with Gasteiger partial charge in [0, 0.05) is 19.9 Å². The van der Waals surface area contributed by atoms with E-state index in [0.29, 0.717) is 12.5 Å². The highest BCUT2D eigenvalue weighted by Crippen LogP contribution is 2.38. The highest BCUT2D eigenvalue weighted by Gasteiger charge is 2.33. The van der Waals surface area contributed by atoms with Crippen molar-refractivity contribution in [1.82, 2.24) is 4.98 Å². The summed E-state index contributed by atoms with van der Waals surface area (Å²) in [6.45, 7) is 2.84. The average Bonchev–Trinajstić information content (AvgIpc) is 2.68. The van der Waals surface area contributed by atoms with Gasteiger partial charge in [0.05, 0.1) is 12.2 Å². The first-order chi connectivity index (χ1) is 8.20. The summed E-state index contributed by atoms with van der Waals surface area (Å²) in [6.07, 6.45) is 3.58. The Morgan fingerprint density at radius 3 is 3.12 bits per heavy atom. The van der Waals surface area contributed by atoms with E-state index in [9.17, 15) is 4.39 Å². The van der Waals surface area contributed by atoms with E-state index in [-0.39, 0.29) is 12.2 Å². The van der Waals surface area contributed by atoms with Gasteiger partial charge in [-0.2, -0.15) is 4.39 Å². The first-order valence-corrected chi connectivity index (χ1v) is 5.96. The highest BCUT2D eigenvalue weighted by atomic mass is 19.1. The molecule has 3 nitrogen and oxygen atoms in total. The molecule has 3 atom stereocenters. The van der Waals surface area contributed by atoms with Gasteiger partial charge in [-0.15, -0.1) is 0 Å². The molecule has 2 heterocycles. The highest BCUT2D eigenvalue weighted by molar-refractivity contribution is 5.16. The SMILES string of the molecule is COCC[C@@H]1C[C@@H](C)[C@H](c2ccnc(F)c2)O1. The summed E-state index contributed by atoms with van der Waals surface area (Å²) in [5.74, 6) is -0.0442. The van der Waals surface area contributed by atoms with Crippen molar-refractivity contribution < 1.29 is 13.9 Å². The molecule has 0 radical (unpaired) electrons. The maximum absolute atomic E-state index is 13.1. The standard InChI is InChI=1S/C13H18FNO2/c1-9-7-11(4-6-16-2)17-13(9)10-3-5-15-12(14)8-10/h3,5,8-9,11,13H,4,6-7H2,1-2H3/t9-,11-,13-/m1/s1. The molecule has 1 saturated heterocycles. The summed E-state index contributed by atoms with van der Waals surface area (Å²) >= 11 is 0. The number of nitrogens with zero attached hydrogens (tertiary/aromatic N) is 1. The molecule has 4 heteroatoms. The zero-order valence-electron chi connectivity index (χ0n) is 10.2. The second-order valence-corrected chi connectivity index (χ2v) is 4.59. The van der Waals surface area contributed by atoms with Crippen LogP contribution in [0, 0.1) is 11.9 Å². The van der Waals surface area contributed by atoms with Gasteiger partial charge in [0.2, 0.25) is 5.95 Å². The third-order valence-corrected chi connectivity index (χ3v) is 3.21. The van der Waals surface area contributed by atoms with Crippen molar-refractivity contribution in [3.8, 4) is 0 Å². The van der Waals surface area contributed by atoms with Crippen LogP contribution in [0.15, 0.2) is 18.3 Å². The van der Waals surface area contributed by atoms with Crippen molar-refractivity contribution in [3.05, 3.63) is 29.8 Å². The van der Waals surface area contributed by atoms with E-state index in [2.05, 4.69) is 11.9 Å². The number of halogens is 1. The van der Waals surface area contributed by atoms with Crippen LogP contribution in [0.25, 0.3) is 0 Å². The van der Waals surface area contributed by atoms with E-state index in [0.717, 1.165) is 18.4 Å². The van der Waals surface area contributed by atoms with Gasteiger partial charge in [0.1, 0.15) is 0 Å². The number of hydrogen-bond acceptors (Lipinski definition) is 3. The van der Waals surface area contributed by atoms with Crippen LogP contribution in [0.1, 0.15) is 31.4 Å². The first-order valence-electron chi connectivity index (χ1n) is 5.96. The Balaban J connectivity index is 2.02. The largest absolute Gasteiger partial charge is 0.385 e. The quantitative estimate of drug-likeness (QED) is 0.757. The molecular weight excluding hydrogens is 221 g/mol. The Morgan fingerprint density at radius 1 is 1.59 bits per heavy atom. The molecule has 0 amide bonds. The molecule has 0 aliphatic carbocycles. The summed E-state index contributed by atoms with van der Waals surface area (Å²) in [7, 11) is 1.69. The van der Waals surface area contributed by atoms with E-state index < -0.39 is 5.95 Å². The van der Waals surface area contributed by atoms with Gasteiger partial charge in [-0.05, 0) is 36.5 Å². The van der Waals surface area contributed by atoms with Crippen LogP contribution in [-0.2, 0) is 9.47 Å². The number of pyridine rings is 1. The molecule has 1 aliphatic rings. The molecule has 0 aromatic carbocycles. The van der Waals surface area contributed by atoms with Crippen LogP contribution in [0.2, 0.25) is 0 Å². The minimum Gasteiger partial charge on any atom is -0.385 e. The lowest BCUT2D eigenvalue weighted by atomic mass is 9.96. The van der Waals surface area contributed by atoms with E-state index in [1.165, 1.54) is 12.3 Å². The smallest absolute Gasteiger partial charge is 0.213 e. The normalized spacial score (nSPS) is 28.5. The van der Waals surface area contributed by atoms with Crippen molar-refractivity contribution in [3.63, 3.8) is 0 Å². The van der Waals surface area contributed by atoms with Gasteiger partial charge in [-0.3, -0.25) is 0 Å². The molecule has 0 N–H and O–H groups in total. The van der Waals surface area contributed by atoms with Crippen LogP contribution in [0.3, 0.4) is 0 Å². The molecule has 0 bridgehead atoms. The van der Waals surface area contributed by atoms with Crippen molar-refractivity contribution >= 4 is 0 Å². The molecule has 0 spiro atoms. The van der Waals surface area contributed by atoms with E-state index >= 15 is 0 Å². The molecule has 1 aromatic heterocycles. The number of rotatable bonds is 4. The van der Waals surface area contributed by atoms with Crippen molar-refractivity contribution in [2.45, 2.75) is 32.0 Å². The summed E-state index contributed by atoms with van der Waals surface area (Å²) in [4.78, 5) is 3.56. The van der Waals surface area contributed by atoms with Crippen LogP contribution in [-0.4, -0.2) is 24.8 Å². The van der Waals surface area contributed by atoms with Gasteiger partial charge < -0.3 is 9.47 Å². The maximum atomic E-state index is 13.1. The minimum absolute atomic E-state index is 0.0191. The molecule has 0 saturated carbocycles. The third-order valence-electron chi connectivity index (χ3n) is 3.21. The Labute approximate surface area is 101 Å². The number of hydrogen-bond donors (Lipinski definition) is 0. The van der Waals surface area contributed by atoms with Crippen LogP contribution >= 0.6 is 0 Å². The van der Waals surface area contributed by atoms with Crippen LogP contribution in [0.5, 0.6) is 0 Å². The van der Waals surface area contributed by atoms with Crippen molar-refractivity contribution in [2.24, 2.45) is 5.92 Å². The lowest BCUT2D eigenvalue weighted by molar-refractivity contribution is 0.0182. The van der Waals surface area contributed by atoms with Crippen molar-refractivity contribution in [1.29, 1.82) is 0 Å². The zero-order chi connectivity index (χ0) is 12.3. The summed E-state index contributed by atoms with van der Waals surface area (Å²) < 4.78 is 24.1. The second kappa shape index (κ2) is 5.56. The fraction of sp³-hybridized carbons (Fsp3) is 0.615. The van der Waals surface area contributed by atoms with Crippen LogP contribution < -0.4 is 0 Å². The molecular formula is C13H18FNO2. The molecule has 1 aromatic rings. The number of aromatic nitrogens is 1. The molecule has 1 aliphatic heterocycles. The molecule has 0 unspecified atom stereocenters. The maximum Gasteiger partial charge on any atom is 0.213 e. The van der Waals surface area contributed by atoms with Gasteiger partial charge in [0.15, 0.2) is 0 Å². The third kappa shape index (κ3) is 3.01. The van der Waals surface area contributed by atoms with Crippen molar-refractivity contribution in [2.75, 3.05) is 13.7 Å². The zero-order valence-corrected chi connectivity index (χ0v) is 10.2. The Morgan fingerprint density at radius 2 is 2.41 bits per heavy atom. The fourth-order valence-corrected chi connectivity index (χ4v) is 2.37. The predicted octanol–water partition coefficient (Wildman–Crippen LogP) is 2.72. The van der Waals surface area contributed by atoms with E-state index in [1.807, 2.05) is 6.07 Å². The van der Waals surface area contributed by atoms with Crippen LogP contribution in [0.4, 0.5) is 4.39 Å². The monoisotopic (exact) mass is 239 g/mol. The Hall–Kier alpha value is -1.00. The molecule has 17 heavy (non-hydrogen) atoms. The second-order valence-electron chi connectivity index (χ2n) is 4.59. The summed E-state index contributed by atoms with van der Waals surface area (Å²) in [5, 5.41) is 0. The number of ether oxygens (including phenoxy) is 2. The van der Waals surface area contributed by atoms with Gasteiger partial charge in [-0.25, -0.2) is 4.98 Å². The minimum atomic E-state index is -0.446. The molecule has 2 rings (SSSR count). The van der Waals surface area contributed by atoms with Gasteiger partial charge >= 0.3 is 0 Å². The molecule has 1 fully saturated rings. The van der Waals surface area contributed by atoms with E-state index in [1.54, 1.807) is 7.11 Å². The molecule has 94 valence electrons. The Kier molecular flexibility index (Phi) is 4.07. The number of methoxy groups -OCH3 is 1. The summed E-state index contributed by atoms with van der Waals surface area (Å²) in [5.41, 5.74) is 0.880. The fourth-order valence-electron chi connectivity index (χ4n) is 2.37.